The molecule has 0 bridgehead atoms. The maximum Gasteiger partial charge on any atom is 0.251 e. The summed E-state index contributed by atoms with van der Waals surface area (Å²) in [5, 5.41) is 0. The van der Waals surface area contributed by atoms with Crippen molar-refractivity contribution in [3.05, 3.63) is 40.1 Å². The van der Waals surface area contributed by atoms with E-state index in [1.54, 1.807) is 6.92 Å². The van der Waals surface area contributed by atoms with Gasteiger partial charge in [0.15, 0.2) is 0 Å². The van der Waals surface area contributed by atoms with E-state index in [0.717, 1.165) is 6.20 Å². The summed E-state index contributed by atoms with van der Waals surface area (Å²) in [6.45, 7) is 1.63. The third kappa shape index (κ3) is 1.60. The number of carbonyl (C=O) groups excluding carboxylic acids is 1. The molecule has 2 rings (SSSR count). The molecule has 0 aliphatic heterocycles. The topological polar surface area (TPSA) is 52.0 Å². The van der Waals surface area contributed by atoms with Crippen LogP contribution in [0.2, 0.25) is 0 Å². The van der Waals surface area contributed by atoms with E-state index in [2.05, 4.69) is 4.98 Å². The lowest BCUT2D eigenvalue weighted by Crippen LogP contribution is -2.21. The van der Waals surface area contributed by atoms with Gasteiger partial charge in [-0.2, -0.15) is 0 Å². The number of aldehydes is 1. The molecule has 0 radical (unpaired) electrons. The summed E-state index contributed by atoms with van der Waals surface area (Å²) in [6.07, 6.45) is 1.69. The Balaban J connectivity index is 2.91. The molecule has 0 saturated carbocycles. The zero-order valence-corrected chi connectivity index (χ0v) is 8.61. The van der Waals surface area contributed by atoms with E-state index in [9.17, 15) is 14.0 Å². The van der Waals surface area contributed by atoms with Crippen LogP contribution >= 0.6 is 0 Å². The van der Waals surface area contributed by atoms with Gasteiger partial charge in [-0.15, -0.1) is 0 Å². The van der Waals surface area contributed by atoms with Gasteiger partial charge in [0.1, 0.15) is 12.1 Å². The van der Waals surface area contributed by atoms with Crippen LogP contribution in [-0.2, 0) is 11.3 Å². The molecule has 0 N–H and O–H groups in total. The first-order chi connectivity index (χ1) is 7.63. The Bertz CT molecular complexity index is 619. The number of fused-ring (bicyclic) bond motifs is 1. The van der Waals surface area contributed by atoms with Gasteiger partial charge in [0.25, 0.3) is 5.56 Å². The van der Waals surface area contributed by atoms with E-state index in [0.29, 0.717) is 22.9 Å². The number of halogens is 1. The number of nitrogens with zero attached hydrogens (tertiary/aromatic N) is 2. The van der Waals surface area contributed by atoms with Crippen LogP contribution in [0.3, 0.4) is 0 Å². The molecule has 0 amide bonds. The van der Waals surface area contributed by atoms with Gasteiger partial charge in [0.2, 0.25) is 0 Å². The Morgan fingerprint density at radius 3 is 2.94 bits per heavy atom. The molecule has 0 aliphatic rings. The normalized spacial score (nSPS) is 10.6. The summed E-state index contributed by atoms with van der Waals surface area (Å²) in [6, 6.07) is 2.59. The molecule has 0 aromatic carbocycles. The third-order valence-electron chi connectivity index (χ3n) is 2.36. The Morgan fingerprint density at radius 2 is 2.25 bits per heavy atom. The summed E-state index contributed by atoms with van der Waals surface area (Å²) >= 11 is 0. The molecule has 2 aromatic rings. The highest BCUT2D eigenvalue weighted by Gasteiger charge is 2.07. The lowest BCUT2D eigenvalue weighted by molar-refractivity contribution is -0.108. The predicted octanol–water partition coefficient (Wildman–Crippen LogP) is 1.04. The number of pyridine rings is 2. The molecule has 2 heterocycles. The van der Waals surface area contributed by atoms with Gasteiger partial charge in [-0.05, 0) is 12.5 Å². The zero-order chi connectivity index (χ0) is 11.7. The van der Waals surface area contributed by atoms with Crippen LogP contribution in [0.15, 0.2) is 23.1 Å². The van der Waals surface area contributed by atoms with E-state index in [1.165, 1.54) is 16.7 Å². The highest BCUT2D eigenvalue weighted by molar-refractivity contribution is 5.78. The van der Waals surface area contributed by atoms with E-state index < -0.39 is 5.82 Å². The summed E-state index contributed by atoms with van der Waals surface area (Å²) < 4.78 is 14.3. The lowest BCUT2D eigenvalue weighted by atomic mass is 10.2. The number of rotatable bonds is 2. The van der Waals surface area contributed by atoms with Crippen molar-refractivity contribution >= 4 is 17.3 Å². The van der Waals surface area contributed by atoms with Gasteiger partial charge >= 0.3 is 0 Å². The van der Waals surface area contributed by atoms with Crippen molar-refractivity contribution < 1.29 is 9.18 Å². The Hall–Kier alpha value is -2.04. The van der Waals surface area contributed by atoms with Crippen LogP contribution in [0.4, 0.5) is 4.39 Å². The first kappa shape index (κ1) is 10.5. The van der Waals surface area contributed by atoms with Crippen LogP contribution in [-0.4, -0.2) is 15.8 Å². The van der Waals surface area contributed by atoms with Crippen LogP contribution in [0.25, 0.3) is 11.0 Å². The van der Waals surface area contributed by atoms with Crippen molar-refractivity contribution in [1.29, 1.82) is 0 Å². The highest BCUT2D eigenvalue weighted by Crippen LogP contribution is 2.14. The van der Waals surface area contributed by atoms with Gasteiger partial charge in [0.05, 0.1) is 23.8 Å². The first-order valence-corrected chi connectivity index (χ1v) is 4.73. The Labute approximate surface area is 90.3 Å². The second-order valence-electron chi connectivity index (χ2n) is 3.46. The smallest absolute Gasteiger partial charge is 0.251 e. The van der Waals surface area contributed by atoms with Gasteiger partial charge in [-0.3, -0.25) is 14.3 Å². The number of aryl methyl sites for hydroxylation is 1. The van der Waals surface area contributed by atoms with E-state index >= 15 is 0 Å². The fourth-order valence-corrected chi connectivity index (χ4v) is 1.65. The lowest BCUT2D eigenvalue weighted by Gasteiger charge is -2.08. The van der Waals surface area contributed by atoms with Crippen molar-refractivity contribution in [3.63, 3.8) is 0 Å². The van der Waals surface area contributed by atoms with Crippen molar-refractivity contribution in [2.75, 3.05) is 0 Å². The molecule has 0 saturated heterocycles. The highest BCUT2D eigenvalue weighted by atomic mass is 19.1. The van der Waals surface area contributed by atoms with Crippen molar-refractivity contribution in [2.24, 2.45) is 0 Å². The molecule has 0 unspecified atom stereocenters. The molecule has 0 atom stereocenters. The minimum absolute atomic E-state index is 0.0965. The number of hydrogen-bond acceptors (Lipinski definition) is 3. The monoisotopic (exact) mass is 220 g/mol. The van der Waals surface area contributed by atoms with Crippen LogP contribution in [0.1, 0.15) is 5.56 Å². The maximum atomic E-state index is 13.1. The first-order valence-electron chi connectivity index (χ1n) is 4.73. The number of aromatic nitrogens is 2. The van der Waals surface area contributed by atoms with Crippen LogP contribution < -0.4 is 5.56 Å². The Morgan fingerprint density at radius 1 is 1.50 bits per heavy atom. The fraction of sp³-hybridized carbons (Fsp3) is 0.182. The van der Waals surface area contributed by atoms with Crippen LogP contribution in [0.5, 0.6) is 0 Å². The molecule has 82 valence electrons. The zero-order valence-electron chi connectivity index (χ0n) is 8.61. The van der Waals surface area contributed by atoms with Gasteiger partial charge in [0, 0.05) is 12.1 Å². The largest absolute Gasteiger partial charge is 0.301 e. The van der Waals surface area contributed by atoms with Crippen LogP contribution in [0, 0.1) is 12.7 Å². The molecule has 0 spiro atoms. The second-order valence-corrected chi connectivity index (χ2v) is 3.46. The summed E-state index contributed by atoms with van der Waals surface area (Å²) in [7, 11) is 0. The minimum atomic E-state index is -0.530. The SMILES string of the molecule is Cc1cc(=O)n(CC=O)c2cc(F)cnc12. The molecule has 2 aromatic heterocycles. The van der Waals surface area contributed by atoms with Gasteiger partial charge in [-0.25, -0.2) is 4.39 Å². The van der Waals surface area contributed by atoms with Crippen molar-refractivity contribution in [1.82, 2.24) is 9.55 Å². The molecule has 4 nitrogen and oxygen atoms in total. The molecule has 16 heavy (non-hydrogen) atoms. The summed E-state index contributed by atoms with van der Waals surface area (Å²) in [4.78, 5) is 26.0. The second kappa shape index (κ2) is 3.84. The standard InChI is InChI=1S/C11H9FN2O2/c1-7-4-10(16)14(2-3-15)9-5-8(12)6-13-11(7)9/h3-6H,2H2,1H3. The predicted molar refractivity (Wildman–Crippen MR) is 56.8 cm³/mol. The van der Waals surface area contributed by atoms with Crippen molar-refractivity contribution in [2.45, 2.75) is 13.5 Å². The summed E-state index contributed by atoms with van der Waals surface area (Å²) in [5.41, 5.74) is 1.21. The average molecular weight is 220 g/mol. The van der Waals surface area contributed by atoms with Gasteiger partial charge < -0.3 is 4.79 Å². The van der Waals surface area contributed by atoms with E-state index in [1.807, 2.05) is 0 Å². The maximum absolute atomic E-state index is 13.1. The van der Waals surface area contributed by atoms with Gasteiger partial charge in [-0.1, -0.05) is 0 Å². The minimum Gasteiger partial charge on any atom is -0.301 e. The van der Waals surface area contributed by atoms with E-state index in [-0.39, 0.29) is 12.1 Å². The average Bonchev–Trinajstić information content (AvgIpc) is 2.23. The summed E-state index contributed by atoms with van der Waals surface area (Å²) in [5.74, 6) is -0.530. The van der Waals surface area contributed by atoms with Crippen molar-refractivity contribution in [3.8, 4) is 0 Å². The molecule has 0 fully saturated rings. The molecular weight excluding hydrogens is 211 g/mol. The number of carbonyl (C=O) groups is 1. The fourth-order valence-electron chi connectivity index (χ4n) is 1.65. The Kier molecular flexibility index (Phi) is 2.52. The molecule has 5 heteroatoms. The molecular formula is C11H9FN2O2. The quantitative estimate of drug-likeness (QED) is 0.710. The third-order valence-corrected chi connectivity index (χ3v) is 2.36. The van der Waals surface area contributed by atoms with E-state index in [4.69, 9.17) is 0 Å². The number of hydrogen-bond donors (Lipinski definition) is 0. The molecule has 0 aliphatic carbocycles.